The Hall–Kier alpha value is -1.90. The van der Waals surface area contributed by atoms with Gasteiger partial charge in [0.2, 0.25) is 0 Å². The minimum absolute atomic E-state index is 0.461. The van der Waals surface area contributed by atoms with Crippen molar-refractivity contribution in [2.75, 3.05) is 0 Å². The van der Waals surface area contributed by atoms with E-state index in [0.29, 0.717) is 11.5 Å². The van der Waals surface area contributed by atoms with Gasteiger partial charge in [-0.15, -0.1) is 0 Å². The molecule has 2 aromatic rings. The molecule has 0 bridgehead atoms. The van der Waals surface area contributed by atoms with Gasteiger partial charge >= 0.3 is 0 Å². The first-order chi connectivity index (χ1) is 7.70. The summed E-state index contributed by atoms with van der Waals surface area (Å²) in [4.78, 5) is 10.7. The number of hydrogen-bond donors (Lipinski definition) is 0. The molecule has 0 radical (unpaired) electrons. The van der Waals surface area contributed by atoms with Crippen LogP contribution in [0.25, 0.3) is 5.69 Å². The highest BCUT2D eigenvalue weighted by molar-refractivity contribution is 5.75. The fraction of sp³-hybridized carbons (Fsp3) is 0.231. The van der Waals surface area contributed by atoms with Gasteiger partial charge in [0, 0.05) is 11.8 Å². The van der Waals surface area contributed by atoms with Crippen LogP contribution in [0.15, 0.2) is 36.7 Å². The predicted octanol–water partition coefficient (Wildman–Crippen LogP) is 2.81. The van der Waals surface area contributed by atoms with Crippen LogP contribution in [0, 0.1) is 0 Å². The second-order valence-corrected chi connectivity index (χ2v) is 4.09. The van der Waals surface area contributed by atoms with E-state index in [4.69, 9.17) is 0 Å². The molecule has 3 nitrogen and oxygen atoms in total. The average Bonchev–Trinajstić information content (AvgIpc) is 2.78. The van der Waals surface area contributed by atoms with Crippen molar-refractivity contribution >= 4 is 6.29 Å². The largest absolute Gasteiger partial charge is 0.298 e. The second kappa shape index (κ2) is 4.31. The van der Waals surface area contributed by atoms with E-state index in [9.17, 15) is 4.79 Å². The van der Waals surface area contributed by atoms with E-state index in [0.717, 1.165) is 12.0 Å². The van der Waals surface area contributed by atoms with Gasteiger partial charge in [0.15, 0.2) is 0 Å². The van der Waals surface area contributed by atoms with E-state index >= 15 is 0 Å². The summed E-state index contributed by atoms with van der Waals surface area (Å²) in [6.45, 7) is 4.26. The third-order valence-corrected chi connectivity index (χ3v) is 2.54. The summed E-state index contributed by atoms with van der Waals surface area (Å²) in [6.07, 6.45) is 4.70. The second-order valence-electron chi connectivity index (χ2n) is 4.09. The fourth-order valence-corrected chi connectivity index (χ4v) is 1.52. The predicted molar refractivity (Wildman–Crippen MR) is 63.0 cm³/mol. The smallest absolute Gasteiger partial charge is 0.150 e. The molecule has 0 atom stereocenters. The van der Waals surface area contributed by atoms with Gasteiger partial charge in [0.1, 0.15) is 6.29 Å². The lowest BCUT2D eigenvalue weighted by Crippen LogP contribution is -1.95. The summed E-state index contributed by atoms with van der Waals surface area (Å²) in [6, 6.07) is 7.40. The minimum atomic E-state index is 0.461. The molecule has 1 aromatic carbocycles. The molecule has 2 rings (SSSR count). The van der Waals surface area contributed by atoms with Crippen LogP contribution in [0.2, 0.25) is 0 Å². The monoisotopic (exact) mass is 214 g/mol. The molecule has 0 saturated heterocycles. The molecule has 1 heterocycles. The summed E-state index contributed by atoms with van der Waals surface area (Å²) >= 11 is 0. The number of aromatic nitrogens is 2. The van der Waals surface area contributed by atoms with Gasteiger partial charge in [0.05, 0.1) is 11.9 Å². The average molecular weight is 214 g/mol. The number of carbonyl (C=O) groups excluding carboxylic acids is 1. The molecule has 82 valence electrons. The lowest BCUT2D eigenvalue weighted by atomic mass is 10.1. The zero-order valence-corrected chi connectivity index (χ0v) is 9.42. The van der Waals surface area contributed by atoms with Crippen LogP contribution in [-0.4, -0.2) is 16.1 Å². The van der Waals surface area contributed by atoms with Gasteiger partial charge in [0.25, 0.3) is 0 Å². The van der Waals surface area contributed by atoms with Crippen LogP contribution in [0.5, 0.6) is 0 Å². The summed E-state index contributed by atoms with van der Waals surface area (Å²) in [5.41, 5.74) is 2.77. The fourth-order valence-electron chi connectivity index (χ4n) is 1.52. The Morgan fingerprint density at radius 2 is 2.19 bits per heavy atom. The third-order valence-electron chi connectivity index (χ3n) is 2.54. The molecule has 0 N–H and O–H groups in total. The highest BCUT2D eigenvalue weighted by Gasteiger charge is 2.04. The van der Waals surface area contributed by atoms with Gasteiger partial charge in [-0.05, 0) is 23.6 Å². The lowest BCUT2D eigenvalue weighted by molar-refractivity contribution is 0.112. The van der Waals surface area contributed by atoms with Crippen molar-refractivity contribution in [1.82, 2.24) is 9.78 Å². The highest BCUT2D eigenvalue weighted by atomic mass is 16.1. The number of hydrogen-bond acceptors (Lipinski definition) is 2. The van der Waals surface area contributed by atoms with E-state index in [1.807, 2.05) is 30.6 Å². The molecule has 0 saturated carbocycles. The topological polar surface area (TPSA) is 34.9 Å². The first kappa shape index (κ1) is 10.6. The molecular weight excluding hydrogens is 200 g/mol. The van der Waals surface area contributed by atoms with Crippen LogP contribution >= 0.6 is 0 Å². The van der Waals surface area contributed by atoms with Crippen molar-refractivity contribution in [2.45, 2.75) is 19.8 Å². The van der Waals surface area contributed by atoms with Gasteiger partial charge in [-0.1, -0.05) is 26.0 Å². The summed E-state index contributed by atoms with van der Waals surface area (Å²) in [5.74, 6) is 0.461. The van der Waals surface area contributed by atoms with Gasteiger partial charge < -0.3 is 0 Å². The molecule has 3 heteroatoms. The van der Waals surface area contributed by atoms with Gasteiger partial charge in [-0.25, -0.2) is 4.68 Å². The Balaban J connectivity index is 2.38. The van der Waals surface area contributed by atoms with Crippen LogP contribution < -0.4 is 0 Å². The van der Waals surface area contributed by atoms with E-state index < -0.39 is 0 Å². The Labute approximate surface area is 94.7 Å². The van der Waals surface area contributed by atoms with Crippen molar-refractivity contribution in [1.29, 1.82) is 0 Å². The number of benzene rings is 1. The number of nitrogens with zero attached hydrogens (tertiary/aromatic N) is 2. The zero-order valence-electron chi connectivity index (χ0n) is 9.42. The van der Waals surface area contributed by atoms with Gasteiger partial charge in [-0.3, -0.25) is 4.79 Å². The Kier molecular flexibility index (Phi) is 2.86. The molecule has 1 aromatic heterocycles. The van der Waals surface area contributed by atoms with E-state index in [1.165, 1.54) is 5.56 Å². The molecule has 0 aliphatic carbocycles. The first-order valence-electron chi connectivity index (χ1n) is 5.31. The maximum absolute atomic E-state index is 10.7. The van der Waals surface area contributed by atoms with Crippen LogP contribution in [-0.2, 0) is 0 Å². The quantitative estimate of drug-likeness (QED) is 0.736. The minimum Gasteiger partial charge on any atom is -0.298 e. The van der Waals surface area contributed by atoms with Crippen molar-refractivity contribution < 1.29 is 4.79 Å². The summed E-state index contributed by atoms with van der Waals surface area (Å²) in [7, 11) is 0. The molecule has 0 spiro atoms. The molecule has 0 amide bonds. The van der Waals surface area contributed by atoms with E-state index in [-0.39, 0.29) is 0 Å². The first-order valence-corrected chi connectivity index (χ1v) is 5.31. The Bertz CT molecular complexity index is 500. The standard InChI is InChI=1S/C13H14N2O/c1-10(2)12-7-14-15(8-12)13-5-3-4-11(6-13)9-16/h3-10H,1-2H3. The summed E-state index contributed by atoms with van der Waals surface area (Å²) < 4.78 is 1.79. The SMILES string of the molecule is CC(C)c1cnn(-c2cccc(C=O)c2)c1. The van der Waals surface area contributed by atoms with Crippen LogP contribution in [0.3, 0.4) is 0 Å². The molecule has 0 fully saturated rings. The highest BCUT2D eigenvalue weighted by Crippen LogP contribution is 2.15. The van der Waals surface area contributed by atoms with Crippen molar-refractivity contribution in [3.8, 4) is 5.69 Å². The molecule has 0 unspecified atom stereocenters. The molecule has 0 aliphatic heterocycles. The zero-order chi connectivity index (χ0) is 11.5. The molecule has 0 aliphatic rings. The Morgan fingerprint density at radius 1 is 1.38 bits per heavy atom. The van der Waals surface area contributed by atoms with Gasteiger partial charge in [-0.2, -0.15) is 5.10 Å². The van der Waals surface area contributed by atoms with Crippen molar-refractivity contribution in [3.05, 3.63) is 47.8 Å². The molecule has 16 heavy (non-hydrogen) atoms. The normalized spacial score (nSPS) is 10.7. The summed E-state index contributed by atoms with van der Waals surface area (Å²) in [5, 5.41) is 4.28. The maximum Gasteiger partial charge on any atom is 0.150 e. The number of carbonyl (C=O) groups is 1. The van der Waals surface area contributed by atoms with E-state index in [1.54, 1.807) is 10.7 Å². The van der Waals surface area contributed by atoms with Crippen molar-refractivity contribution in [2.24, 2.45) is 0 Å². The lowest BCUT2D eigenvalue weighted by Gasteiger charge is -2.02. The van der Waals surface area contributed by atoms with Crippen LogP contribution in [0.4, 0.5) is 0 Å². The third kappa shape index (κ3) is 2.03. The van der Waals surface area contributed by atoms with Crippen LogP contribution in [0.1, 0.15) is 35.7 Å². The van der Waals surface area contributed by atoms with Crippen molar-refractivity contribution in [3.63, 3.8) is 0 Å². The number of aldehydes is 1. The Morgan fingerprint density at radius 3 is 2.81 bits per heavy atom. The molecular formula is C13H14N2O. The number of rotatable bonds is 3. The van der Waals surface area contributed by atoms with E-state index in [2.05, 4.69) is 18.9 Å². The maximum atomic E-state index is 10.7.